The Bertz CT molecular complexity index is 2560. The van der Waals surface area contributed by atoms with Gasteiger partial charge in [0, 0.05) is 16.8 Å². The number of hydrogen-bond acceptors (Lipinski definition) is 5. The molecule has 2 aromatic heterocycles. The summed E-state index contributed by atoms with van der Waals surface area (Å²) in [5, 5.41) is 0. The molecule has 1 aliphatic rings. The summed E-state index contributed by atoms with van der Waals surface area (Å²) in [7, 11) is 0. The van der Waals surface area contributed by atoms with Crippen LogP contribution in [0.25, 0.3) is 40.0 Å². The minimum atomic E-state index is -0.735. The first-order valence-electron chi connectivity index (χ1n) is 16.9. The highest BCUT2D eigenvalue weighted by Crippen LogP contribution is 2.37. The Hall–Kier alpha value is -6.31. The number of thiazole rings is 1. The highest BCUT2D eigenvalue weighted by molar-refractivity contribution is 7.07. The SMILES string of the molecule is CCOC(=O)C1=C(c2ccccc2)N=c2s/c(=C\c3cc(-c4ccccc4)n(-c4ccccc4)c3-c3ccccc3)c(=O)n2[C@@H]1c1ccccc1. The van der Waals surface area contributed by atoms with Crippen molar-refractivity contribution >= 4 is 29.1 Å². The molecule has 1 atom stereocenters. The smallest absolute Gasteiger partial charge is 0.338 e. The summed E-state index contributed by atoms with van der Waals surface area (Å²) in [5.41, 5.74) is 8.10. The monoisotopic (exact) mass is 683 g/mol. The number of carbonyl (C=O) groups is 1. The van der Waals surface area contributed by atoms with Crippen molar-refractivity contribution < 1.29 is 9.53 Å². The minimum Gasteiger partial charge on any atom is -0.463 e. The topological polar surface area (TPSA) is 65.6 Å². The second kappa shape index (κ2) is 13.9. The van der Waals surface area contributed by atoms with Crippen molar-refractivity contribution in [3.8, 4) is 28.2 Å². The Kier molecular flexibility index (Phi) is 8.70. The van der Waals surface area contributed by atoms with E-state index < -0.39 is 12.0 Å². The van der Waals surface area contributed by atoms with Crippen molar-refractivity contribution in [1.29, 1.82) is 0 Å². The van der Waals surface area contributed by atoms with Crippen molar-refractivity contribution in [2.24, 2.45) is 4.99 Å². The van der Waals surface area contributed by atoms with Gasteiger partial charge in [-0.05, 0) is 47.9 Å². The number of para-hydroxylation sites is 1. The molecule has 0 aliphatic carbocycles. The summed E-state index contributed by atoms with van der Waals surface area (Å²) >= 11 is 1.32. The number of esters is 1. The van der Waals surface area contributed by atoms with Crippen LogP contribution in [0.1, 0.15) is 29.7 Å². The van der Waals surface area contributed by atoms with Gasteiger partial charge in [0.15, 0.2) is 4.80 Å². The zero-order valence-corrected chi connectivity index (χ0v) is 28.7. The van der Waals surface area contributed by atoms with Crippen LogP contribution in [-0.4, -0.2) is 21.7 Å². The first kappa shape index (κ1) is 31.9. The highest BCUT2D eigenvalue weighted by atomic mass is 32.1. The zero-order chi connectivity index (χ0) is 34.7. The zero-order valence-electron chi connectivity index (χ0n) is 27.8. The van der Waals surface area contributed by atoms with Crippen molar-refractivity contribution in [2.45, 2.75) is 13.0 Å². The summed E-state index contributed by atoms with van der Waals surface area (Å²) in [4.78, 5) is 34.1. The van der Waals surface area contributed by atoms with Crippen LogP contribution in [0.2, 0.25) is 0 Å². The minimum absolute atomic E-state index is 0.195. The maximum absolute atomic E-state index is 14.8. The second-order valence-corrected chi connectivity index (χ2v) is 13.1. The molecule has 1 aliphatic heterocycles. The molecular formula is C44H33N3O3S. The number of hydrogen-bond donors (Lipinski definition) is 0. The molecule has 0 saturated heterocycles. The molecule has 0 spiro atoms. The van der Waals surface area contributed by atoms with Crippen LogP contribution in [0, 0.1) is 0 Å². The van der Waals surface area contributed by atoms with Gasteiger partial charge in [0.25, 0.3) is 5.56 Å². The number of nitrogens with zero attached hydrogens (tertiary/aromatic N) is 3. The van der Waals surface area contributed by atoms with Gasteiger partial charge in [0.1, 0.15) is 0 Å². The number of carbonyl (C=O) groups excluding carboxylic acids is 1. The van der Waals surface area contributed by atoms with Gasteiger partial charge in [-0.1, -0.05) is 151 Å². The molecular weight excluding hydrogens is 651 g/mol. The van der Waals surface area contributed by atoms with E-state index in [-0.39, 0.29) is 12.2 Å². The van der Waals surface area contributed by atoms with Gasteiger partial charge < -0.3 is 9.30 Å². The van der Waals surface area contributed by atoms with Crippen molar-refractivity contribution in [3.05, 3.63) is 200 Å². The summed E-state index contributed by atoms with van der Waals surface area (Å²) in [5.74, 6) is -0.498. The Morgan fingerprint density at radius 1 is 0.745 bits per heavy atom. The average Bonchev–Trinajstić information content (AvgIpc) is 3.72. The lowest BCUT2D eigenvalue weighted by molar-refractivity contribution is -0.138. The van der Waals surface area contributed by atoms with E-state index in [1.54, 1.807) is 11.5 Å². The molecule has 0 unspecified atom stereocenters. The molecule has 0 N–H and O–H groups in total. The first-order valence-corrected chi connectivity index (χ1v) is 17.7. The predicted octanol–water partition coefficient (Wildman–Crippen LogP) is 8.06. The van der Waals surface area contributed by atoms with Gasteiger partial charge in [0.05, 0.1) is 39.8 Å². The van der Waals surface area contributed by atoms with Crippen LogP contribution >= 0.6 is 11.3 Å². The lowest BCUT2D eigenvalue weighted by Gasteiger charge is -2.25. The van der Waals surface area contributed by atoms with Gasteiger partial charge in [-0.25, -0.2) is 9.79 Å². The number of fused-ring (bicyclic) bond motifs is 1. The lowest BCUT2D eigenvalue weighted by Crippen LogP contribution is -2.40. The number of benzene rings is 5. The quantitative estimate of drug-likeness (QED) is 0.152. The third kappa shape index (κ3) is 5.98. The fraction of sp³-hybridized carbons (Fsp3) is 0.0682. The average molecular weight is 684 g/mol. The number of rotatable bonds is 8. The van der Waals surface area contributed by atoms with E-state index >= 15 is 0 Å². The van der Waals surface area contributed by atoms with Crippen molar-refractivity contribution in [2.75, 3.05) is 6.61 Å². The third-order valence-corrected chi connectivity index (χ3v) is 9.92. The molecule has 7 heteroatoms. The van der Waals surface area contributed by atoms with Crippen LogP contribution < -0.4 is 14.9 Å². The van der Waals surface area contributed by atoms with E-state index in [4.69, 9.17) is 9.73 Å². The third-order valence-electron chi connectivity index (χ3n) is 8.94. The molecule has 7 aromatic rings. The van der Waals surface area contributed by atoms with Gasteiger partial charge in [-0.15, -0.1) is 0 Å². The molecule has 0 fully saturated rings. The number of ether oxygens (including phenoxy) is 1. The molecule has 3 heterocycles. The van der Waals surface area contributed by atoms with Gasteiger partial charge in [0.2, 0.25) is 0 Å². The standard InChI is InChI=1S/C44H33N3O3S/c1-2-50-43(49)38-39(31-20-10-4-11-21-31)45-44-47(41(38)33-24-14-6-15-25-33)42(48)37(51-44)29-34-28-36(30-18-8-3-9-19-30)46(35-26-16-7-17-27-35)40(34)32-22-12-5-13-23-32/h3-29,41H,2H2,1H3/b37-29-/t41-/m1/s1. The van der Waals surface area contributed by atoms with E-state index in [0.29, 0.717) is 20.6 Å². The lowest BCUT2D eigenvalue weighted by atomic mass is 9.93. The Morgan fingerprint density at radius 3 is 1.90 bits per heavy atom. The van der Waals surface area contributed by atoms with Gasteiger partial charge in [-0.2, -0.15) is 0 Å². The van der Waals surface area contributed by atoms with Crippen LogP contribution in [0.3, 0.4) is 0 Å². The normalized spacial score (nSPS) is 14.2. The maximum Gasteiger partial charge on any atom is 0.338 e. The van der Waals surface area contributed by atoms with Crippen LogP contribution in [0.4, 0.5) is 0 Å². The van der Waals surface area contributed by atoms with Crippen LogP contribution in [0.15, 0.2) is 173 Å². The maximum atomic E-state index is 14.8. The molecule has 5 aromatic carbocycles. The van der Waals surface area contributed by atoms with Crippen LogP contribution in [-0.2, 0) is 9.53 Å². The van der Waals surface area contributed by atoms with Crippen LogP contribution in [0.5, 0.6) is 0 Å². The summed E-state index contributed by atoms with van der Waals surface area (Å²) in [6.07, 6.45) is 1.97. The Labute approximate surface area is 299 Å². The molecule has 0 bridgehead atoms. The second-order valence-electron chi connectivity index (χ2n) is 12.1. The van der Waals surface area contributed by atoms with Crippen molar-refractivity contribution in [3.63, 3.8) is 0 Å². The van der Waals surface area contributed by atoms with E-state index in [0.717, 1.165) is 44.9 Å². The first-order chi connectivity index (χ1) is 25.1. The summed E-state index contributed by atoms with van der Waals surface area (Å²) in [6, 6.07) is 51.5. The van der Waals surface area contributed by atoms with Gasteiger partial charge >= 0.3 is 5.97 Å². The molecule has 6 nitrogen and oxygen atoms in total. The molecule has 0 saturated carbocycles. The van der Waals surface area contributed by atoms with Gasteiger partial charge in [-0.3, -0.25) is 9.36 Å². The Morgan fingerprint density at radius 2 is 1.29 bits per heavy atom. The molecule has 248 valence electrons. The fourth-order valence-electron chi connectivity index (χ4n) is 6.73. The predicted molar refractivity (Wildman–Crippen MR) is 204 cm³/mol. The van der Waals surface area contributed by atoms with E-state index in [1.807, 2.05) is 121 Å². The molecule has 0 amide bonds. The van der Waals surface area contributed by atoms with E-state index in [1.165, 1.54) is 11.3 Å². The molecule has 8 rings (SSSR count). The van der Waals surface area contributed by atoms with E-state index in [2.05, 4.69) is 47.0 Å². The summed E-state index contributed by atoms with van der Waals surface area (Å²) < 4.78 is 10.0. The largest absolute Gasteiger partial charge is 0.463 e. The molecule has 51 heavy (non-hydrogen) atoms. The summed E-state index contributed by atoms with van der Waals surface area (Å²) in [6.45, 7) is 1.98. The van der Waals surface area contributed by atoms with Crippen molar-refractivity contribution in [1.82, 2.24) is 9.13 Å². The molecule has 0 radical (unpaired) electrons. The Balaban J connectivity index is 1.43. The highest BCUT2D eigenvalue weighted by Gasteiger charge is 2.35. The van der Waals surface area contributed by atoms with E-state index in [9.17, 15) is 9.59 Å². The fourth-order valence-corrected chi connectivity index (χ4v) is 7.72. The number of aromatic nitrogens is 2.